The van der Waals surface area contributed by atoms with Gasteiger partial charge in [0.1, 0.15) is 0 Å². The third-order valence-corrected chi connectivity index (χ3v) is 3.56. The molecule has 0 bridgehead atoms. The van der Waals surface area contributed by atoms with Crippen LogP contribution < -0.4 is 10.6 Å². The molecule has 1 fully saturated rings. The minimum Gasteiger partial charge on any atom is -0.349 e. The number of hydrogen-bond donors (Lipinski definition) is 3. The van der Waals surface area contributed by atoms with E-state index < -0.39 is 0 Å². The molecular formula is C13H15N7. The summed E-state index contributed by atoms with van der Waals surface area (Å²) in [6, 6.07) is 4.41. The number of aromatic amines is 1. The van der Waals surface area contributed by atoms with Crippen LogP contribution in [-0.2, 0) is 0 Å². The summed E-state index contributed by atoms with van der Waals surface area (Å²) < 4.78 is 1.80. The maximum atomic E-state index is 4.49. The minimum atomic E-state index is 0.417. The van der Waals surface area contributed by atoms with Crippen molar-refractivity contribution in [3.05, 3.63) is 30.7 Å². The smallest absolute Gasteiger partial charge is 0.243 e. The Morgan fingerprint density at radius 1 is 1.30 bits per heavy atom. The van der Waals surface area contributed by atoms with E-state index in [0.717, 1.165) is 36.3 Å². The summed E-state index contributed by atoms with van der Waals surface area (Å²) in [7, 11) is 0. The van der Waals surface area contributed by atoms with Crippen molar-refractivity contribution in [1.29, 1.82) is 0 Å². The lowest BCUT2D eigenvalue weighted by atomic mass is 10.2. The van der Waals surface area contributed by atoms with Gasteiger partial charge in [-0.05, 0) is 25.1 Å². The molecule has 0 spiro atoms. The van der Waals surface area contributed by atoms with Gasteiger partial charge < -0.3 is 10.6 Å². The Morgan fingerprint density at radius 3 is 3.10 bits per heavy atom. The summed E-state index contributed by atoms with van der Waals surface area (Å²) in [5.74, 6) is 0.683. The number of rotatable bonds is 3. The molecule has 3 N–H and O–H groups in total. The molecule has 1 saturated heterocycles. The predicted molar refractivity (Wildman–Crippen MR) is 75.5 cm³/mol. The molecule has 0 aliphatic carbocycles. The zero-order chi connectivity index (χ0) is 13.4. The first-order valence-electron chi connectivity index (χ1n) is 6.71. The largest absolute Gasteiger partial charge is 0.349 e. The van der Waals surface area contributed by atoms with Crippen LogP contribution >= 0.6 is 0 Å². The van der Waals surface area contributed by atoms with E-state index in [1.807, 2.05) is 24.5 Å². The third kappa shape index (κ3) is 2.01. The van der Waals surface area contributed by atoms with Crippen LogP contribution in [-0.4, -0.2) is 43.9 Å². The van der Waals surface area contributed by atoms with Crippen LogP contribution in [0.2, 0.25) is 0 Å². The number of fused-ring (bicyclic) bond motifs is 1. The quantitative estimate of drug-likeness (QED) is 0.658. The van der Waals surface area contributed by atoms with E-state index in [2.05, 4.69) is 30.9 Å². The van der Waals surface area contributed by atoms with Crippen LogP contribution in [0.3, 0.4) is 0 Å². The lowest BCUT2D eigenvalue weighted by Crippen LogP contribution is -2.22. The van der Waals surface area contributed by atoms with Gasteiger partial charge in [0.15, 0.2) is 5.65 Å². The van der Waals surface area contributed by atoms with E-state index in [0.29, 0.717) is 12.0 Å². The summed E-state index contributed by atoms with van der Waals surface area (Å²) >= 11 is 0. The molecule has 0 amide bonds. The number of nitrogens with one attached hydrogen (secondary N) is 3. The van der Waals surface area contributed by atoms with Gasteiger partial charge in [-0.2, -0.15) is 10.1 Å². The highest BCUT2D eigenvalue weighted by Crippen LogP contribution is 2.18. The van der Waals surface area contributed by atoms with Crippen molar-refractivity contribution in [3.8, 4) is 11.1 Å². The highest BCUT2D eigenvalue weighted by atomic mass is 15.4. The van der Waals surface area contributed by atoms with Gasteiger partial charge in [-0.15, -0.1) is 5.10 Å². The average Bonchev–Trinajstić information content (AvgIpc) is 3.19. The molecule has 4 heterocycles. The predicted octanol–water partition coefficient (Wildman–Crippen LogP) is 0.893. The Balaban J connectivity index is 1.65. The van der Waals surface area contributed by atoms with Gasteiger partial charge in [0, 0.05) is 36.1 Å². The van der Waals surface area contributed by atoms with Crippen molar-refractivity contribution < 1.29 is 0 Å². The van der Waals surface area contributed by atoms with Crippen LogP contribution in [0.1, 0.15) is 6.42 Å². The summed E-state index contributed by atoms with van der Waals surface area (Å²) in [6.07, 6.45) is 6.73. The number of pyridine rings is 1. The van der Waals surface area contributed by atoms with Crippen LogP contribution in [0.25, 0.3) is 16.8 Å². The van der Waals surface area contributed by atoms with Gasteiger partial charge in [0.2, 0.25) is 5.95 Å². The molecule has 1 unspecified atom stereocenters. The zero-order valence-corrected chi connectivity index (χ0v) is 10.9. The zero-order valence-electron chi connectivity index (χ0n) is 10.9. The Kier molecular flexibility index (Phi) is 2.63. The normalized spacial score (nSPS) is 18.7. The average molecular weight is 269 g/mol. The Labute approximate surface area is 115 Å². The number of aromatic nitrogens is 5. The van der Waals surface area contributed by atoms with Gasteiger partial charge >= 0.3 is 0 Å². The SMILES string of the molecule is c1cc2nc(NC3CCNC3)nn2cc1-c1cn[nH]c1. The highest BCUT2D eigenvalue weighted by Gasteiger charge is 2.16. The van der Waals surface area contributed by atoms with Crippen molar-refractivity contribution >= 4 is 11.6 Å². The molecule has 0 radical (unpaired) electrons. The second-order valence-corrected chi connectivity index (χ2v) is 4.98. The highest BCUT2D eigenvalue weighted by molar-refractivity contribution is 5.63. The molecule has 1 aliphatic rings. The molecule has 102 valence electrons. The Morgan fingerprint density at radius 2 is 2.30 bits per heavy atom. The first kappa shape index (κ1) is 11.4. The summed E-state index contributed by atoms with van der Waals surface area (Å²) in [4.78, 5) is 4.49. The van der Waals surface area contributed by atoms with Crippen LogP contribution in [0, 0.1) is 0 Å². The molecular weight excluding hydrogens is 254 g/mol. The van der Waals surface area contributed by atoms with Gasteiger partial charge in [-0.25, -0.2) is 4.52 Å². The molecule has 20 heavy (non-hydrogen) atoms. The van der Waals surface area contributed by atoms with Gasteiger partial charge in [-0.1, -0.05) is 0 Å². The first-order valence-corrected chi connectivity index (χ1v) is 6.71. The van der Waals surface area contributed by atoms with Gasteiger partial charge in [0.25, 0.3) is 0 Å². The van der Waals surface area contributed by atoms with E-state index >= 15 is 0 Å². The fraction of sp³-hybridized carbons (Fsp3) is 0.308. The summed E-state index contributed by atoms with van der Waals surface area (Å²) in [6.45, 7) is 2.02. The monoisotopic (exact) mass is 269 g/mol. The van der Waals surface area contributed by atoms with E-state index in [4.69, 9.17) is 0 Å². The maximum Gasteiger partial charge on any atom is 0.243 e. The van der Waals surface area contributed by atoms with E-state index in [9.17, 15) is 0 Å². The fourth-order valence-corrected chi connectivity index (χ4v) is 2.48. The lowest BCUT2D eigenvalue weighted by molar-refractivity contribution is 0.779. The van der Waals surface area contributed by atoms with E-state index in [1.54, 1.807) is 10.7 Å². The van der Waals surface area contributed by atoms with Crippen molar-refractivity contribution in [3.63, 3.8) is 0 Å². The van der Waals surface area contributed by atoms with Gasteiger partial charge in [-0.3, -0.25) is 5.10 Å². The molecule has 4 rings (SSSR count). The molecule has 1 aliphatic heterocycles. The Hall–Kier alpha value is -2.41. The van der Waals surface area contributed by atoms with Crippen molar-refractivity contribution in [1.82, 2.24) is 30.1 Å². The first-order chi connectivity index (χ1) is 9.88. The topological polar surface area (TPSA) is 82.9 Å². The second kappa shape index (κ2) is 4.61. The van der Waals surface area contributed by atoms with Crippen molar-refractivity contribution in [2.75, 3.05) is 18.4 Å². The number of nitrogens with zero attached hydrogens (tertiary/aromatic N) is 4. The molecule has 1 atom stereocenters. The summed E-state index contributed by atoms with van der Waals surface area (Å²) in [5.41, 5.74) is 2.94. The number of H-pyrrole nitrogens is 1. The molecule has 3 aromatic rings. The van der Waals surface area contributed by atoms with E-state index in [-0.39, 0.29) is 0 Å². The number of hydrogen-bond acceptors (Lipinski definition) is 5. The molecule has 3 aromatic heterocycles. The second-order valence-electron chi connectivity index (χ2n) is 4.98. The minimum absolute atomic E-state index is 0.417. The molecule has 0 saturated carbocycles. The molecule has 7 heteroatoms. The fourth-order valence-electron chi connectivity index (χ4n) is 2.48. The molecule has 7 nitrogen and oxygen atoms in total. The van der Waals surface area contributed by atoms with Crippen molar-refractivity contribution in [2.45, 2.75) is 12.5 Å². The third-order valence-electron chi connectivity index (χ3n) is 3.56. The Bertz CT molecular complexity index is 709. The van der Waals surface area contributed by atoms with E-state index in [1.165, 1.54) is 0 Å². The van der Waals surface area contributed by atoms with Crippen LogP contribution in [0.5, 0.6) is 0 Å². The van der Waals surface area contributed by atoms with Crippen LogP contribution in [0.4, 0.5) is 5.95 Å². The summed E-state index contributed by atoms with van der Waals surface area (Å²) in [5, 5.41) is 17.9. The van der Waals surface area contributed by atoms with Crippen molar-refractivity contribution in [2.24, 2.45) is 0 Å². The maximum absolute atomic E-state index is 4.49. The molecule has 0 aromatic carbocycles. The van der Waals surface area contributed by atoms with Crippen LogP contribution in [0.15, 0.2) is 30.7 Å². The standard InChI is InChI=1S/C13H15N7/c1-2-12-18-13(17-11-3-4-14-7-11)19-20(12)8-9(1)10-5-15-16-6-10/h1-2,5-6,8,11,14H,3-4,7H2,(H,15,16)(H,17,19). The number of anilines is 1. The van der Waals surface area contributed by atoms with Gasteiger partial charge in [0.05, 0.1) is 6.20 Å². The lowest BCUT2D eigenvalue weighted by Gasteiger charge is -2.07.